The van der Waals surface area contributed by atoms with E-state index >= 15 is 0 Å². The molecule has 2 aromatic rings. The molecule has 0 bridgehead atoms. The summed E-state index contributed by atoms with van der Waals surface area (Å²) in [7, 11) is 0. The van der Waals surface area contributed by atoms with Crippen LogP contribution in [0.4, 0.5) is 11.4 Å². The van der Waals surface area contributed by atoms with Gasteiger partial charge in [-0.3, -0.25) is 0 Å². The lowest BCUT2D eigenvalue weighted by Crippen LogP contribution is -2.09. The minimum Gasteiger partial charge on any atom is -0.462 e. The highest BCUT2D eigenvalue weighted by Gasteiger charge is 2.11. The van der Waals surface area contributed by atoms with Gasteiger partial charge in [0.25, 0.3) is 0 Å². The predicted molar refractivity (Wildman–Crippen MR) is 86.2 cm³/mol. The number of esters is 1. The average molecular weight is 355 g/mol. The Bertz CT molecular complexity index is 613. The number of ether oxygens (including phenoxy) is 1. The standard InChI is InChI=1S/C14H15BrN2O2S/c1-2-19-14(18)10-7-9(3-4-12(10)16)17-8-13-11(15)5-6-20-13/h3-7,17H,2,8,16H2,1H3. The van der Waals surface area contributed by atoms with Crippen molar-refractivity contribution in [1.82, 2.24) is 0 Å². The van der Waals surface area contributed by atoms with Gasteiger partial charge in [0.1, 0.15) is 0 Å². The van der Waals surface area contributed by atoms with Crippen LogP contribution in [0.3, 0.4) is 0 Å². The zero-order valence-corrected chi connectivity index (χ0v) is 13.4. The smallest absolute Gasteiger partial charge is 0.340 e. The highest BCUT2D eigenvalue weighted by molar-refractivity contribution is 9.10. The van der Waals surface area contributed by atoms with Crippen LogP contribution in [0.5, 0.6) is 0 Å². The number of nitrogen functional groups attached to an aromatic ring is 1. The van der Waals surface area contributed by atoms with Gasteiger partial charge in [-0.1, -0.05) is 0 Å². The minimum absolute atomic E-state index is 0.331. The van der Waals surface area contributed by atoms with Crippen molar-refractivity contribution in [3.8, 4) is 0 Å². The van der Waals surface area contributed by atoms with E-state index in [0.29, 0.717) is 24.4 Å². The third-order valence-electron chi connectivity index (χ3n) is 2.69. The average Bonchev–Trinajstić information content (AvgIpc) is 2.83. The lowest BCUT2D eigenvalue weighted by Gasteiger charge is -2.10. The quantitative estimate of drug-likeness (QED) is 0.631. The number of anilines is 2. The Hall–Kier alpha value is -1.53. The number of rotatable bonds is 5. The maximum atomic E-state index is 11.8. The fraction of sp³-hybridized carbons (Fsp3) is 0.214. The van der Waals surface area contributed by atoms with Crippen molar-refractivity contribution in [2.45, 2.75) is 13.5 Å². The molecule has 6 heteroatoms. The summed E-state index contributed by atoms with van der Waals surface area (Å²) in [6.07, 6.45) is 0. The number of carbonyl (C=O) groups is 1. The number of hydrogen-bond acceptors (Lipinski definition) is 5. The third-order valence-corrected chi connectivity index (χ3v) is 4.62. The summed E-state index contributed by atoms with van der Waals surface area (Å²) < 4.78 is 6.06. The molecule has 0 aliphatic rings. The van der Waals surface area contributed by atoms with E-state index in [1.54, 1.807) is 30.4 Å². The molecular weight excluding hydrogens is 340 g/mol. The first-order valence-corrected chi connectivity index (χ1v) is 7.81. The van der Waals surface area contributed by atoms with Crippen LogP contribution < -0.4 is 11.1 Å². The topological polar surface area (TPSA) is 64.3 Å². The van der Waals surface area contributed by atoms with E-state index in [4.69, 9.17) is 10.5 Å². The van der Waals surface area contributed by atoms with E-state index in [-0.39, 0.29) is 0 Å². The maximum Gasteiger partial charge on any atom is 0.340 e. The summed E-state index contributed by atoms with van der Waals surface area (Å²) in [5, 5.41) is 5.29. The van der Waals surface area contributed by atoms with Gasteiger partial charge in [-0.15, -0.1) is 11.3 Å². The largest absolute Gasteiger partial charge is 0.462 e. The number of benzene rings is 1. The number of carbonyl (C=O) groups excluding carboxylic acids is 1. The summed E-state index contributed by atoms with van der Waals surface area (Å²) in [6, 6.07) is 7.28. The van der Waals surface area contributed by atoms with E-state index in [0.717, 1.165) is 10.2 Å². The fourth-order valence-corrected chi connectivity index (χ4v) is 3.12. The molecule has 0 atom stereocenters. The SMILES string of the molecule is CCOC(=O)c1cc(NCc2sccc2Br)ccc1N. The van der Waals surface area contributed by atoms with E-state index in [1.807, 2.05) is 17.5 Å². The van der Waals surface area contributed by atoms with Gasteiger partial charge >= 0.3 is 5.97 Å². The highest BCUT2D eigenvalue weighted by Crippen LogP contribution is 2.25. The Morgan fingerprint density at radius 2 is 2.25 bits per heavy atom. The number of thiophene rings is 1. The van der Waals surface area contributed by atoms with Crippen LogP contribution in [0.15, 0.2) is 34.1 Å². The third kappa shape index (κ3) is 3.52. The van der Waals surface area contributed by atoms with Crippen molar-refractivity contribution in [2.24, 2.45) is 0 Å². The van der Waals surface area contributed by atoms with Gasteiger partial charge in [-0.25, -0.2) is 4.79 Å². The fourth-order valence-electron chi connectivity index (χ4n) is 1.69. The van der Waals surface area contributed by atoms with Crippen LogP contribution >= 0.6 is 27.3 Å². The second-order valence-electron chi connectivity index (χ2n) is 4.07. The second kappa shape index (κ2) is 6.76. The van der Waals surface area contributed by atoms with Gasteiger partial charge in [0.2, 0.25) is 0 Å². The van der Waals surface area contributed by atoms with E-state index in [1.165, 1.54) is 4.88 Å². The van der Waals surface area contributed by atoms with Crippen LogP contribution in [-0.4, -0.2) is 12.6 Å². The van der Waals surface area contributed by atoms with Crippen LogP contribution in [0.1, 0.15) is 22.2 Å². The summed E-state index contributed by atoms with van der Waals surface area (Å²) in [5.74, 6) is -0.397. The molecule has 0 saturated carbocycles. The second-order valence-corrected chi connectivity index (χ2v) is 5.92. The number of halogens is 1. The molecule has 3 N–H and O–H groups in total. The Morgan fingerprint density at radius 1 is 1.45 bits per heavy atom. The molecule has 0 unspecified atom stereocenters. The van der Waals surface area contributed by atoms with E-state index in [2.05, 4.69) is 21.2 Å². The molecule has 0 aliphatic carbocycles. The van der Waals surface area contributed by atoms with Crippen molar-refractivity contribution < 1.29 is 9.53 Å². The summed E-state index contributed by atoms with van der Waals surface area (Å²) in [6.45, 7) is 2.78. The predicted octanol–water partition coefficient (Wildman–Crippen LogP) is 3.88. The first-order chi connectivity index (χ1) is 9.61. The molecule has 20 heavy (non-hydrogen) atoms. The Kier molecular flexibility index (Phi) is 5.03. The maximum absolute atomic E-state index is 11.8. The zero-order valence-electron chi connectivity index (χ0n) is 11.0. The molecule has 1 heterocycles. The molecule has 1 aromatic heterocycles. The molecule has 4 nitrogen and oxygen atoms in total. The van der Waals surface area contributed by atoms with Gasteiger partial charge in [-0.05, 0) is 52.5 Å². The number of hydrogen-bond donors (Lipinski definition) is 2. The normalized spacial score (nSPS) is 10.3. The van der Waals surface area contributed by atoms with Crippen LogP contribution in [0, 0.1) is 0 Å². The van der Waals surface area contributed by atoms with Crippen LogP contribution in [0.2, 0.25) is 0 Å². The molecule has 0 spiro atoms. The Morgan fingerprint density at radius 3 is 2.90 bits per heavy atom. The van der Waals surface area contributed by atoms with Gasteiger partial charge in [0, 0.05) is 20.7 Å². The summed E-state index contributed by atoms with van der Waals surface area (Å²) in [5.41, 5.74) is 7.45. The molecular formula is C14H15BrN2O2S. The monoisotopic (exact) mass is 354 g/mol. The summed E-state index contributed by atoms with van der Waals surface area (Å²) in [4.78, 5) is 13.0. The zero-order chi connectivity index (χ0) is 14.5. The van der Waals surface area contributed by atoms with Crippen LogP contribution in [-0.2, 0) is 11.3 Å². The number of nitrogens with one attached hydrogen (secondary N) is 1. The Balaban J connectivity index is 2.11. The minimum atomic E-state index is -0.397. The van der Waals surface area contributed by atoms with Gasteiger partial charge in [0.05, 0.1) is 18.7 Å². The highest BCUT2D eigenvalue weighted by atomic mass is 79.9. The molecule has 0 radical (unpaired) electrons. The van der Waals surface area contributed by atoms with E-state index < -0.39 is 5.97 Å². The lowest BCUT2D eigenvalue weighted by atomic mass is 10.1. The lowest BCUT2D eigenvalue weighted by molar-refractivity contribution is 0.0527. The molecule has 0 amide bonds. The van der Waals surface area contributed by atoms with Crippen LogP contribution in [0.25, 0.3) is 0 Å². The number of nitrogens with two attached hydrogens (primary N) is 1. The van der Waals surface area contributed by atoms with Gasteiger partial charge < -0.3 is 15.8 Å². The molecule has 0 fully saturated rings. The summed E-state index contributed by atoms with van der Waals surface area (Å²) >= 11 is 5.15. The molecule has 0 aliphatic heterocycles. The van der Waals surface area contributed by atoms with E-state index in [9.17, 15) is 4.79 Å². The van der Waals surface area contributed by atoms with Crippen molar-refractivity contribution in [3.05, 3.63) is 44.6 Å². The van der Waals surface area contributed by atoms with Gasteiger partial charge in [-0.2, -0.15) is 0 Å². The molecule has 0 saturated heterocycles. The first kappa shape index (κ1) is 14.9. The van der Waals surface area contributed by atoms with Crippen molar-refractivity contribution in [3.63, 3.8) is 0 Å². The van der Waals surface area contributed by atoms with Crippen molar-refractivity contribution >= 4 is 44.6 Å². The molecule has 1 aromatic carbocycles. The molecule has 106 valence electrons. The van der Waals surface area contributed by atoms with Crippen molar-refractivity contribution in [2.75, 3.05) is 17.7 Å². The Labute approximate surface area is 130 Å². The molecule has 2 rings (SSSR count). The van der Waals surface area contributed by atoms with Gasteiger partial charge in [0.15, 0.2) is 0 Å². The first-order valence-electron chi connectivity index (χ1n) is 6.14. The van der Waals surface area contributed by atoms with Crippen molar-refractivity contribution in [1.29, 1.82) is 0 Å².